The Bertz CT molecular complexity index is 799. The first kappa shape index (κ1) is 23.3. The highest BCUT2D eigenvalue weighted by molar-refractivity contribution is 5.89. The summed E-state index contributed by atoms with van der Waals surface area (Å²) in [6.45, 7) is 0.102. The molecule has 0 aliphatic heterocycles. The van der Waals surface area contributed by atoms with Crippen molar-refractivity contribution < 1.29 is 29.3 Å². The molecule has 1 atom stereocenters. The van der Waals surface area contributed by atoms with Crippen LogP contribution in [0.3, 0.4) is 0 Å². The summed E-state index contributed by atoms with van der Waals surface area (Å²) < 4.78 is 10.0. The first-order valence-corrected chi connectivity index (χ1v) is 8.46. The second-order valence-corrected chi connectivity index (χ2v) is 6.25. The van der Waals surface area contributed by atoms with Crippen LogP contribution >= 0.6 is 12.4 Å². The predicted molar refractivity (Wildman–Crippen MR) is 106 cm³/mol. The molecule has 4 N–H and O–H groups in total. The normalized spacial score (nSPS) is 12.4. The molecule has 28 heavy (non-hydrogen) atoms. The number of carbonyl (C=O) groups is 2. The van der Waals surface area contributed by atoms with Gasteiger partial charge in [-0.15, -0.1) is 12.4 Å². The number of benzene rings is 2. The maximum Gasteiger partial charge on any atom is 0.338 e. The molecule has 0 spiro atoms. The van der Waals surface area contributed by atoms with Crippen molar-refractivity contribution in [3.05, 3.63) is 59.7 Å². The third kappa shape index (κ3) is 6.14. The quantitative estimate of drug-likeness (QED) is 0.348. The maximum absolute atomic E-state index is 12.2. The van der Waals surface area contributed by atoms with Gasteiger partial charge in [0.25, 0.3) is 0 Å². The minimum atomic E-state index is -1.35. The van der Waals surface area contributed by atoms with Crippen molar-refractivity contribution in [2.45, 2.75) is 24.8 Å². The third-order valence-corrected chi connectivity index (χ3v) is 4.16. The van der Waals surface area contributed by atoms with Gasteiger partial charge in [-0.3, -0.25) is 4.79 Å². The van der Waals surface area contributed by atoms with Gasteiger partial charge in [0.05, 0.1) is 19.3 Å². The molecule has 2 aromatic rings. The fourth-order valence-electron chi connectivity index (χ4n) is 2.72. The maximum atomic E-state index is 12.2. The van der Waals surface area contributed by atoms with Crippen LogP contribution in [0.5, 0.6) is 11.5 Å². The van der Waals surface area contributed by atoms with Crippen LogP contribution in [0.1, 0.15) is 28.8 Å². The van der Waals surface area contributed by atoms with Gasteiger partial charge < -0.3 is 25.4 Å². The summed E-state index contributed by atoms with van der Waals surface area (Å²) in [4.78, 5) is 24.1. The topological polar surface area (TPSA) is 119 Å². The molecule has 0 amide bonds. The smallest absolute Gasteiger partial charge is 0.338 e. The van der Waals surface area contributed by atoms with Gasteiger partial charge in [0.1, 0.15) is 5.54 Å². The number of aromatic hydroxyl groups is 2. The van der Waals surface area contributed by atoms with Crippen molar-refractivity contribution in [1.29, 1.82) is 0 Å². The van der Waals surface area contributed by atoms with E-state index in [-0.39, 0.29) is 43.4 Å². The van der Waals surface area contributed by atoms with Gasteiger partial charge in [0.15, 0.2) is 11.5 Å². The van der Waals surface area contributed by atoms with Gasteiger partial charge >= 0.3 is 11.9 Å². The van der Waals surface area contributed by atoms with Crippen molar-refractivity contribution in [2.24, 2.45) is 5.73 Å². The summed E-state index contributed by atoms with van der Waals surface area (Å²) in [6, 6.07) is 12.8. The molecule has 0 aromatic heterocycles. The van der Waals surface area contributed by atoms with E-state index in [0.29, 0.717) is 17.5 Å². The predicted octanol–water partition coefficient (Wildman–Crippen LogP) is 2.57. The number of nitrogens with two attached hydrogens (primary N) is 1. The first-order chi connectivity index (χ1) is 12.9. The van der Waals surface area contributed by atoms with E-state index in [1.54, 1.807) is 36.4 Å². The lowest BCUT2D eigenvalue weighted by Crippen LogP contribution is -2.50. The number of halogens is 1. The Morgan fingerprint density at radius 3 is 2.36 bits per heavy atom. The van der Waals surface area contributed by atoms with Gasteiger partial charge in [-0.05, 0) is 42.7 Å². The highest BCUT2D eigenvalue weighted by Gasteiger charge is 2.35. The summed E-state index contributed by atoms with van der Waals surface area (Å²) in [5.41, 5.74) is 5.91. The molecule has 0 radical (unpaired) electrons. The summed E-state index contributed by atoms with van der Waals surface area (Å²) in [5, 5.41) is 19.0. The molecule has 7 nitrogen and oxygen atoms in total. The minimum Gasteiger partial charge on any atom is -0.504 e. The molecule has 2 aromatic carbocycles. The van der Waals surface area contributed by atoms with E-state index >= 15 is 0 Å². The Labute approximate surface area is 169 Å². The van der Waals surface area contributed by atoms with E-state index in [9.17, 15) is 19.8 Å². The average molecular weight is 410 g/mol. The molecule has 0 heterocycles. The molecule has 0 saturated carbocycles. The van der Waals surface area contributed by atoms with E-state index in [2.05, 4.69) is 0 Å². The summed E-state index contributed by atoms with van der Waals surface area (Å²) in [6.07, 6.45) is 0.664. The number of methoxy groups -OCH3 is 1. The van der Waals surface area contributed by atoms with E-state index in [1.165, 1.54) is 19.2 Å². The Balaban J connectivity index is 0.00000392. The largest absolute Gasteiger partial charge is 0.504 e. The zero-order chi connectivity index (χ0) is 19.9. The van der Waals surface area contributed by atoms with Gasteiger partial charge in [-0.2, -0.15) is 0 Å². The number of phenolic OH excluding ortho intramolecular Hbond substituents is 2. The number of hydrogen-bond acceptors (Lipinski definition) is 7. The molecule has 2 rings (SSSR count). The van der Waals surface area contributed by atoms with Gasteiger partial charge in [0.2, 0.25) is 0 Å². The van der Waals surface area contributed by atoms with Crippen LogP contribution in [0.4, 0.5) is 0 Å². The van der Waals surface area contributed by atoms with E-state index in [0.717, 1.165) is 0 Å². The molecule has 0 fully saturated rings. The number of carbonyl (C=O) groups excluding carboxylic acids is 2. The first-order valence-electron chi connectivity index (χ1n) is 8.46. The highest BCUT2D eigenvalue weighted by Crippen LogP contribution is 2.27. The summed E-state index contributed by atoms with van der Waals surface area (Å²) in [7, 11) is 1.24. The molecular formula is C20H24ClNO6. The van der Waals surface area contributed by atoms with Crippen LogP contribution in [-0.2, 0) is 20.7 Å². The molecule has 8 heteroatoms. The monoisotopic (exact) mass is 409 g/mol. The van der Waals surface area contributed by atoms with Crippen LogP contribution in [-0.4, -0.2) is 41.4 Å². The second kappa shape index (κ2) is 10.5. The van der Waals surface area contributed by atoms with E-state index in [1.807, 2.05) is 0 Å². The van der Waals surface area contributed by atoms with Crippen LogP contribution < -0.4 is 5.73 Å². The van der Waals surface area contributed by atoms with Crippen LogP contribution in [0.25, 0.3) is 0 Å². The minimum absolute atomic E-state index is 0. The Morgan fingerprint density at radius 2 is 1.75 bits per heavy atom. The lowest BCUT2D eigenvalue weighted by Gasteiger charge is -2.26. The molecular weight excluding hydrogens is 386 g/mol. The van der Waals surface area contributed by atoms with E-state index < -0.39 is 17.5 Å². The number of rotatable bonds is 8. The number of phenols is 2. The summed E-state index contributed by atoms with van der Waals surface area (Å²) in [5.74, 6) is -1.60. The van der Waals surface area contributed by atoms with Crippen molar-refractivity contribution in [3.63, 3.8) is 0 Å². The molecule has 152 valence electrons. The average Bonchev–Trinajstić information content (AvgIpc) is 2.68. The second-order valence-electron chi connectivity index (χ2n) is 6.25. The summed E-state index contributed by atoms with van der Waals surface area (Å²) >= 11 is 0. The van der Waals surface area contributed by atoms with Crippen molar-refractivity contribution in [1.82, 2.24) is 0 Å². The van der Waals surface area contributed by atoms with Crippen LogP contribution in [0.2, 0.25) is 0 Å². The fourth-order valence-corrected chi connectivity index (χ4v) is 2.72. The van der Waals surface area contributed by atoms with Gasteiger partial charge in [-0.25, -0.2) is 4.79 Å². The van der Waals surface area contributed by atoms with Crippen LogP contribution in [0, 0.1) is 0 Å². The third-order valence-electron chi connectivity index (χ3n) is 4.16. The standard InChI is InChI=1S/C20H23NO6.ClH/c1-26-19(25)20(21,13-14-8-9-16(22)17(23)12-14)10-5-11-27-18(24)15-6-3-2-4-7-15;/h2-4,6-9,12,22-23H,5,10-11,13,21H2,1H3;1H/t20-;/m0./s1. The molecule has 0 aliphatic rings. The van der Waals surface area contributed by atoms with Crippen LogP contribution in [0.15, 0.2) is 48.5 Å². The van der Waals surface area contributed by atoms with E-state index in [4.69, 9.17) is 15.2 Å². The molecule has 0 unspecified atom stereocenters. The SMILES string of the molecule is COC(=O)[C@](N)(CCCOC(=O)c1ccccc1)Cc1ccc(O)c(O)c1.Cl. The molecule has 0 saturated heterocycles. The lowest BCUT2D eigenvalue weighted by atomic mass is 9.87. The Kier molecular flexibility index (Phi) is 8.76. The number of esters is 2. The molecule has 0 aliphatic carbocycles. The number of ether oxygens (including phenoxy) is 2. The zero-order valence-electron chi connectivity index (χ0n) is 15.5. The van der Waals surface area contributed by atoms with Gasteiger partial charge in [0, 0.05) is 6.42 Å². The van der Waals surface area contributed by atoms with Crippen molar-refractivity contribution in [2.75, 3.05) is 13.7 Å². The zero-order valence-corrected chi connectivity index (χ0v) is 16.3. The number of hydrogen-bond donors (Lipinski definition) is 3. The Hall–Kier alpha value is -2.77. The fraction of sp³-hybridized carbons (Fsp3) is 0.300. The highest BCUT2D eigenvalue weighted by atomic mass is 35.5. The van der Waals surface area contributed by atoms with Crippen molar-refractivity contribution in [3.8, 4) is 11.5 Å². The lowest BCUT2D eigenvalue weighted by molar-refractivity contribution is -0.147. The molecule has 0 bridgehead atoms. The Morgan fingerprint density at radius 1 is 1.07 bits per heavy atom. The van der Waals surface area contributed by atoms with Crippen molar-refractivity contribution >= 4 is 24.3 Å². The van der Waals surface area contributed by atoms with Gasteiger partial charge in [-0.1, -0.05) is 24.3 Å².